The molecule has 2 rings (SSSR count). The number of carbonyl (C=O) groups excluding carboxylic acids is 1. The summed E-state index contributed by atoms with van der Waals surface area (Å²) in [6.07, 6.45) is 5.34. The molecule has 20 heavy (non-hydrogen) atoms. The zero-order chi connectivity index (χ0) is 14.5. The van der Waals surface area contributed by atoms with Crippen molar-refractivity contribution in [3.63, 3.8) is 0 Å². The first-order valence-corrected chi connectivity index (χ1v) is 6.53. The molecule has 1 N–H and O–H groups in total. The van der Waals surface area contributed by atoms with Gasteiger partial charge in [0.1, 0.15) is 5.82 Å². The minimum Gasteiger partial charge on any atom is -0.370 e. The number of amides is 1. The first-order valence-electron chi connectivity index (χ1n) is 6.53. The number of hydrogen-bond donors (Lipinski definition) is 1. The minimum absolute atomic E-state index is 0.0575. The number of pyridine rings is 1. The maximum absolute atomic E-state index is 12.5. The van der Waals surface area contributed by atoms with E-state index >= 15 is 0 Å². The minimum atomic E-state index is -0.0575. The van der Waals surface area contributed by atoms with Crippen LogP contribution in [0, 0.1) is 0 Å². The standard InChI is InChI=1S/C14H19N5O/c1-4-15-13-12(6-5-7-16-13)14(20)18(2)9-11-8-17-19(3)10-11/h5-8,10H,4,9H2,1-3H3,(H,15,16). The predicted octanol–water partition coefficient (Wildman–Crippen LogP) is 1.52. The highest BCUT2D eigenvalue weighted by Crippen LogP contribution is 2.14. The molecule has 0 aliphatic heterocycles. The van der Waals surface area contributed by atoms with Crippen LogP contribution < -0.4 is 5.32 Å². The lowest BCUT2D eigenvalue weighted by molar-refractivity contribution is 0.0785. The molecule has 2 aromatic heterocycles. The molecule has 0 saturated heterocycles. The van der Waals surface area contributed by atoms with Gasteiger partial charge in [0.05, 0.1) is 11.8 Å². The third kappa shape index (κ3) is 3.14. The Morgan fingerprint density at radius 2 is 2.30 bits per heavy atom. The third-order valence-electron chi connectivity index (χ3n) is 2.91. The van der Waals surface area contributed by atoms with Crippen molar-refractivity contribution >= 4 is 11.7 Å². The lowest BCUT2D eigenvalue weighted by Gasteiger charge is -2.18. The molecule has 0 fully saturated rings. The van der Waals surface area contributed by atoms with Gasteiger partial charge < -0.3 is 10.2 Å². The lowest BCUT2D eigenvalue weighted by atomic mass is 10.2. The molecule has 0 unspecified atom stereocenters. The van der Waals surface area contributed by atoms with Gasteiger partial charge in [-0.2, -0.15) is 5.10 Å². The van der Waals surface area contributed by atoms with E-state index in [1.54, 1.807) is 41.2 Å². The molecule has 0 saturated carbocycles. The Labute approximate surface area is 118 Å². The molecule has 0 atom stereocenters. The van der Waals surface area contributed by atoms with Crippen molar-refractivity contribution in [3.05, 3.63) is 41.9 Å². The normalized spacial score (nSPS) is 10.3. The fourth-order valence-electron chi connectivity index (χ4n) is 1.99. The van der Waals surface area contributed by atoms with Gasteiger partial charge in [0.15, 0.2) is 0 Å². The summed E-state index contributed by atoms with van der Waals surface area (Å²) in [5.74, 6) is 0.566. The summed E-state index contributed by atoms with van der Waals surface area (Å²) in [5.41, 5.74) is 1.58. The highest BCUT2D eigenvalue weighted by atomic mass is 16.2. The summed E-state index contributed by atoms with van der Waals surface area (Å²) in [6.45, 7) is 3.22. The zero-order valence-electron chi connectivity index (χ0n) is 12.0. The van der Waals surface area contributed by atoms with Gasteiger partial charge in [-0.1, -0.05) is 0 Å². The van der Waals surface area contributed by atoms with Crippen LogP contribution in [0.25, 0.3) is 0 Å². The fraction of sp³-hybridized carbons (Fsp3) is 0.357. The van der Waals surface area contributed by atoms with Crippen molar-refractivity contribution in [2.75, 3.05) is 18.9 Å². The summed E-state index contributed by atoms with van der Waals surface area (Å²) in [4.78, 5) is 18.3. The highest BCUT2D eigenvalue weighted by Gasteiger charge is 2.16. The molecule has 6 heteroatoms. The van der Waals surface area contributed by atoms with Crippen molar-refractivity contribution in [1.82, 2.24) is 19.7 Å². The Morgan fingerprint density at radius 1 is 1.50 bits per heavy atom. The number of rotatable bonds is 5. The Balaban J connectivity index is 2.14. The zero-order valence-corrected chi connectivity index (χ0v) is 12.0. The van der Waals surface area contributed by atoms with E-state index in [1.807, 2.05) is 20.2 Å². The molecule has 106 valence electrons. The Morgan fingerprint density at radius 3 is 2.95 bits per heavy atom. The second-order valence-electron chi connectivity index (χ2n) is 4.61. The van der Waals surface area contributed by atoms with Gasteiger partial charge in [-0.05, 0) is 19.1 Å². The Bertz CT molecular complexity index is 593. The molecular formula is C14H19N5O. The van der Waals surface area contributed by atoms with Gasteiger partial charge in [0, 0.05) is 45.1 Å². The average Bonchev–Trinajstić information content (AvgIpc) is 2.84. The van der Waals surface area contributed by atoms with Crippen molar-refractivity contribution < 1.29 is 4.79 Å². The molecule has 2 heterocycles. The fourth-order valence-corrected chi connectivity index (χ4v) is 1.99. The molecule has 6 nitrogen and oxygen atoms in total. The van der Waals surface area contributed by atoms with Crippen LogP contribution in [0.2, 0.25) is 0 Å². The van der Waals surface area contributed by atoms with Gasteiger partial charge >= 0.3 is 0 Å². The lowest BCUT2D eigenvalue weighted by Crippen LogP contribution is -2.27. The number of aromatic nitrogens is 3. The van der Waals surface area contributed by atoms with E-state index in [4.69, 9.17) is 0 Å². The number of anilines is 1. The molecule has 1 amide bonds. The number of nitrogens with zero attached hydrogens (tertiary/aromatic N) is 4. The van der Waals surface area contributed by atoms with E-state index in [9.17, 15) is 4.79 Å². The van der Waals surface area contributed by atoms with Crippen molar-refractivity contribution in [3.8, 4) is 0 Å². The monoisotopic (exact) mass is 273 g/mol. The quantitative estimate of drug-likeness (QED) is 0.897. The topological polar surface area (TPSA) is 63.1 Å². The van der Waals surface area contributed by atoms with Crippen LogP contribution in [0.4, 0.5) is 5.82 Å². The smallest absolute Gasteiger partial charge is 0.257 e. The summed E-state index contributed by atoms with van der Waals surface area (Å²) >= 11 is 0. The van der Waals surface area contributed by atoms with E-state index in [1.165, 1.54) is 0 Å². The number of nitrogens with one attached hydrogen (secondary N) is 1. The maximum atomic E-state index is 12.5. The van der Waals surface area contributed by atoms with Gasteiger partial charge in [0.2, 0.25) is 0 Å². The molecule has 0 aliphatic rings. The van der Waals surface area contributed by atoms with Crippen LogP contribution in [0.1, 0.15) is 22.8 Å². The molecule has 2 aromatic rings. The van der Waals surface area contributed by atoms with Crippen LogP contribution in [0.5, 0.6) is 0 Å². The predicted molar refractivity (Wildman–Crippen MR) is 77.4 cm³/mol. The summed E-state index contributed by atoms with van der Waals surface area (Å²) in [6, 6.07) is 3.55. The van der Waals surface area contributed by atoms with Crippen LogP contribution >= 0.6 is 0 Å². The molecule has 0 bridgehead atoms. The van der Waals surface area contributed by atoms with Crippen molar-refractivity contribution in [2.45, 2.75) is 13.5 Å². The van der Waals surface area contributed by atoms with E-state index in [0.717, 1.165) is 12.1 Å². The number of aryl methyl sites for hydroxylation is 1. The largest absolute Gasteiger partial charge is 0.370 e. The van der Waals surface area contributed by atoms with Crippen molar-refractivity contribution in [1.29, 1.82) is 0 Å². The van der Waals surface area contributed by atoms with E-state index < -0.39 is 0 Å². The third-order valence-corrected chi connectivity index (χ3v) is 2.91. The second-order valence-corrected chi connectivity index (χ2v) is 4.61. The Kier molecular flexibility index (Phi) is 4.34. The average molecular weight is 273 g/mol. The first kappa shape index (κ1) is 14.0. The van der Waals surface area contributed by atoms with E-state index in [2.05, 4.69) is 15.4 Å². The molecule has 0 aromatic carbocycles. The van der Waals surface area contributed by atoms with Gasteiger partial charge in [-0.25, -0.2) is 4.98 Å². The highest BCUT2D eigenvalue weighted by molar-refractivity contribution is 5.98. The SMILES string of the molecule is CCNc1ncccc1C(=O)N(C)Cc1cnn(C)c1. The van der Waals surface area contributed by atoms with Crippen LogP contribution in [-0.4, -0.2) is 39.2 Å². The van der Waals surface area contributed by atoms with Crippen LogP contribution in [0.15, 0.2) is 30.7 Å². The van der Waals surface area contributed by atoms with Crippen LogP contribution in [0.3, 0.4) is 0 Å². The summed E-state index contributed by atoms with van der Waals surface area (Å²) in [5, 5.41) is 7.21. The van der Waals surface area contributed by atoms with Crippen molar-refractivity contribution in [2.24, 2.45) is 7.05 Å². The molecular weight excluding hydrogens is 254 g/mol. The first-order chi connectivity index (χ1) is 9.61. The van der Waals surface area contributed by atoms with Crippen LogP contribution in [-0.2, 0) is 13.6 Å². The number of hydrogen-bond acceptors (Lipinski definition) is 4. The molecule has 0 radical (unpaired) electrons. The van der Waals surface area contributed by atoms with Gasteiger partial charge in [-0.3, -0.25) is 9.48 Å². The second kappa shape index (κ2) is 6.18. The van der Waals surface area contributed by atoms with E-state index in [-0.39, 0.29) is 5.91 Å². The van der Waals surface area contributed by atoms with E-state index in [0.29, 0.717) is 17.9 Å². The number of carbonyl (C=O) groups is 1. The maximum Gasteiger partial charge on any atom is 0.257 e. The summed E-state index contributed by atoms with van der Waals surface area (Å²) < 4.78 is 1.72. The van der Waals surface area contributed by atoms with Gasteiger partial charge in [-0.15, -0.1) is 0 Å². The molecule has 0 aliphatic carbocycles. The summed E-state index contributed by atoms with van der Waals surface area (Å²) in [7, 11) is 3.63. The molecule has 0 spiro atoms. The van der Waals surface area contributed by atoms with Gasteiger partial charge in [0.25, 0.3) is 5.91 Å². The Hall–Kier alpha value is -2.37.